The molecule has 2 aromatic rings. The Kier molecular flexibility index (Phi) is 5.52. The van der Waals surface area contributed by atoms with E-state index in [1.807, 2.05) is 18.2 Å². The molecule has 2 heterocycles. The van der Waals surface area contributed by atoms with Crippen molar-refractivity contribution < 1.29 is 27.8 Å². The summed E-state index contributed by atoms with van der Waals surface area (Å²) in [6, 6.07) is 8.38. The van der Waals surface area contributed by atoms with E-state index in [2.05, 4.69) is 4.98 Å². The zero-order chi connectivity index (χ0) is 24.3. The number of ether oxygens (including phenoxy) is 1. The van der Waals surface area contributed by atoms with Gasteiger partial charge in [-0.25, -0.2) is 4.98 Å². The summed E-state index contributed by atoms with van der Waals surface area (Å²) in [4.78, 5) is 17.3. The number of nitrogens with zero attached hydrogens (tertiary/aromatic N) is 2. The van der Waals surface area contributed by atoms with Crippen LogP contribution in [0.15, 0.2) is 36.5 Å². The molecule has 1 aromatic carbocycles. The van der Waals surface area contributed by atoms with Gasteiger partial charge in [-0.15, -0.1) is 0 Å². The van der Waals surface area contributed by atoms with Crippen LogP contribution in [-0.2, 0) is 17.4 Å². The third kappa shape index (κ3) is 4.12. The van der Waals surface area contributed by atoms with Crippen molar-refractivity contribution in [2.24, 2.45) is 11.8 Å². The van der Waals surface area contributed by atoms with Crippen LogP contribution in [-0.4, -0.2) is 34.8 Å². The van der Waals surface area contributed by atoms with Crippen LogP contribution in [0.4, 0.5) is 19.0 Å². The number of alkyl halides is 3. The van der Waals surface area contributed by atoms with Gasteiger partial charge in [0.15, 0.2) is 0 Å². The Hall–Kier alpha value is -2.77. The highest BCUT2D eigenvalue weighted by molar-refractivity contribution is 5.71. The third-order valence-electron chi connectivity index (χ3n) is 7.90. The van der Waals surface area contributed by atoms with Crippen LogP contribution in [0, 0.1) is 11.8 Å². The van der Waals surface area contributed by atoms with Gasteiger partial charge in [-0.1, -0.05) is 19.1 Å². The molecule has 1 unspecified atom stereocenters. The van der Waals surface area contributed by atoms with Crippen molar-refractivity contribution in [2.75, 3.05) is 11.9 Å². The van der Waals surface area contributed by atoms with Gasteiger partial charge in [-0.3, -0.25) is 4.79 Å². The van der Waals surface area contributed by atoms with E-state index < -0.39 is 29.2 Å². The van der Waals surface area contributed by atoms with Crippen LogP contribution in [0.25, 0.3) is 0 Å². The Balaban J connectivity index is 1.32. The second-order valence-corrected chi connectivity index (χ2v) is 10.2. The van der Waals surface area contributed by atoms with E-state index in [1.165, 1.54) is 12.3 Å². The van der Waals surface area contributed by atoms with Crippen LogP contribution in [0.5, 0.6) is 5.75 Å². The van der Waals surface area contributed by atoms with Gasteiger partial charge in [0, 0.05) is 32.1 Å². The maximum Gasteiger partial charge on any atom is 0.419 e. The van der Waals surface area contributed by atoms with Crippen LogP contribution in [0.1, 0.15) is 61.6 Å². The van der Waals surface area contributed by atoms with Gasteiger partial charge in [0.25, 0.3) is 0 Å². The number of carboxylic acid groups (broad SMARTS) is 1. The summed E-state index contributed by atoms with van der Waals surface area (Å²) < 4.78 is 46.8. The van der Waals surface area contributed by atoms with Gasteiger partial charge < -0.3 is 14.7 Å². The maximum absolute atomic E-state index is 13.5. The third-order valence-corrected chi connectivity index (χ3v) is 7.90. The van der Waals surface area contributed by atoms with Gasteiger partial charge in [0.1, 0.15) is 17.2 Å². The molecule has 3 aliphatic rings. The number of rotatable bonds is 6. The highest BCUT2D eigenvalue weighted by atomic mass is 19.4. The lowest BCUT2D eigenvalue weighted by molar-refractivity contribution is -0.142. The predicted molar refractivity (Wildman–Crippen MR) is 121 cm³/mol. The standard InChI is InChI=1S/C26H29F3N2O3/c1-15(24(32)33)22(17-6-7-17)18-8-5-16-9-10-25(34-21(16)12-18)13-19(14-25)31(2)23-20(26(27,28)29)4-3-11-30-23/h3-5,8,11-12,15,17,19,22H,6-7,9-10,13-14H2,1-2H3,(H,32,33)/t15-,19?,22?,25?/m0/s1. The average Bonchev–Trinajstić information content (AvgIpc) is 3.61. The zero-order valence-corrected chi connectivity index (χ0v) is 19.3. The van der Waals surface area contributed by atoms with Crippen molar-refractivity contribution in [3.05, 3.63) is 53.2 Å². The number of aliphatic carboxylic acids is 1. The number of hydrogen-bond acceptors (Lipinski definition) is 4. The summed E-state index contributed by atoms with van der Waals surface area (Å²) in [7, 11) is 1.66. The molecule has 0 radical (unpaired) electrons. The number of pyridine rings is 1. The quantitative estimate of drug-likeness (QED) is 0.584. The van der Waals surface area contributed by atoms with Gasteiger partial charge in [0.2, 0.25) is 0 Å². The Morgan fingerprint density at radius 3 is 2.65 bits per heavy atom. The molecule has 5 nitrogen and oxygen atoms in total. The Morgan fingerprint density at radius 2 is 2.00 bits per heavy atom. The van der Waals surface area contributed by atoms with Crippen molar-refractivity contribution in [3.8, 4) is 5.75 Å². The van der Waals surface area contributed by atoms with Gasteiger partial charge in [0.05, 0.1) is 11.5 Å². The highest BCUT2D eigenvalue weighted by Crippen LogP contribution is 2.51. The van der Waals surface area contributed by atoms with Crippen LogP contribution in [0.3, 0.4) is 0 Å². The average molecular weight is 475 g/mol. The Morgan fingerprint density at radius 1 is 1.26 bits per heavy atom. The van der Waals surface area contributed by atoms with E-state index in [1.54, 1.807) is 18.9 Å². The molecule has 2 fully saturated rings. The largest absolute Gasteiger partial charge is 0.487 e. The first-order valence-electron chi connectivity index (χ1n) is 11.9. The minimum absolute atomic E-state index is 0.0329. The number of benzene rings is 1. The number of aromatic nitrogens is 1. The molecule has 0 saturated heterocycles. The predicted octanol–water partition coefficient (Wildman–Crippen LogP) is 5.68. The molecular weight excluding hydrogens is 445 g/mol. The molecule has 0 amide bonds. The van der Waals surface area contributed by atoms with Crippen molar-refractivity contribution in [3.63, 3.8) is 0 Å². The van der Waals surface area contributed by atoms with Crippen molar-refractivity contribution in [1.82, 2.24) is 4.98 Å². The smallest absolute Gasteiger partial charge is 0.419 e. The molecule has 1 spiro atoms. The van der Waals surface area contributed by atoms with E-state index in [-0.39, 0.29) is 17.8 Å². The lowest BCUT2D eigenvalue weighted by Crippen LogP contribution is -2.59. The van der Waals surface area contributed by atoms with E-state index in [0.717, 1.165) is 48.6 Å². The van der Waals surface area contributed by atoms with Gasteiger partial charge >= 0.3 is 12.1 Å². The molecule has 2 atom stereocenters. The fourth-order valence-corrected chi connectivity index (χ4v) is 5.74. The van der Waals surface area contributed by atoms with Crippen LogP contribution in [0.2, 0.25) is 0 Å². The number of anilines is 1. The van der Waals surface area contributed by atoms with Crippen LogP contribution >= 0.6 is 0 Å². The summed E-state index contributed by atoms with van der Waals surface area (Å²) in [5.41, 5.74) is 0.986. The summed E-state index contributed by atoms with van der Waals surface area (Å²) in [6.45, 7) is 1.77. The van der Waals surface area contributed by atoms with E-state index in [0.29, 0.717) is 18.8 Å². The van der Waals surface area contributed by atoms with Crippen LogP contribution < -0.4 is 9.64 Å². The first-order valence-corrected chi connectivity index (χ1v) is 11.9. The molecule has 1 aromatic heterocycles. The first-order chi connectivity index (χ1) is 16.1. The van der Waals surface area contributed by atoms with Crippen molar-refractivity contribution in [1.29, 1.82) is 0 Å². The minimum Gasteiger partial charge on any atom is -0.487 e. The van der Waals surface area contributed by atoms with Crippen molar-refractivity contribution >= 4 is 11.8 Å². The normalized spacial score (nSPS) is 25.6. The molecule has 34 heavy (non-hydrogen) atoms. The maximum atomic E-state index is 13.5. The molecule has 0 bridgehead atoms. The first kappa shape index (κ1) is 23.0. The molecule has 2 saturated carbocycles. The monoisotopic (exact) mass is 474 g/mol. The second-order valence-electron chi connectivity index (χ2n) is 10.2. The molecule has 1 aliphatic heterocycles. The number of fused-ring (bicyclic) bond motifs is 1. The SMILES string of the molecule is C[C@H](C(=O)O)C(c1ccc2c(c1)OC1(CC2)CC(N(C)c2ncccc2C(F)(F)F)C1)C1CC1. The number of hydrogen-bond donors (Lipinski definition) is 1. The van der Waals surface area contributed by atoms with E-state index >= 15 is 0 Å². The van der Waals surface area contributed by atoms with Crippen molar-refractivity contribution in [2.45, 2.75) is 69.2 Å². The lowest BCUT2D eigenvalue weighted by Gasteiger charge is -2.53. The summed E-state index contributed by atoms with van der Waals surface area (Å²) >= 11 is 0. The van der Waals surface area contributed by atoms with Gasteiger partial charge in [-0.2, -0.15) is 13.2 Å². The molecule has 5 rings (SSSR count). The fourth-order valence-electron chi connectivity index (χ4n) is 5.74. The minimum atomic E-state index is -4.46. The fraction of sp³-hybridized carbons (Fsp3) is 0.538. The summed E-state index contributed by atoms with van der Waals surface area (Å²) in [5.74, 6) is -0.153. The Bertz CT molecular complexity index is 1090. The molecule has 1 N–H and O–H groups in total. The second kappa shape index (κ2) is 8.17. The number of halogens is 3. The molecule has 2 aliphatic carbocycles. The number of carboxylic acids is 1. The number of carbonyl (C=O) groups is 1. The highest BCUT2D eigenvalue weighted by Gasteiger charge is 2.51. The van der Waals surface area contributed by atoms with Gasteiger partial charge in [-0.05, 0) is 66.8 Å². The molecular formula is C26H29F3N2O3. The molecule has 182 valence electrons. The van der Waals surface area contributed by atoms with E-state index in [4.69, 9.17) is 4.74 Å². The number of aryl methyl sites for hydroxylation is 1. The summed E-state index contributed by atoms with van der Waals surface area (Å²) in [5, 5.41) is 9.59. The van der Waals surface area contributed by atoms with E-state index in [9.17, 15) is 23.1 Å². The summed E-state index contributed by atoms with van der Waals surface area (Å²) in [6.07, 6.45) is 1.93. The Labute approximate surface area is 196 Å². The molecule has 8 heteroatoms. The lowest BCUT2D eigenvalue weighted by atomic mass is 9.70. The zero-order valence-electron chi connectivity index (χ0n) is 19.3. The topological polar surface area (TPSA) is 62.7 Å².